The maximum absolute atomic E-state index is 14.7. The lowest BCUT2D eigenvalue weighted by Gasteiger charge is -2.17. The summed E-state index contributed by atoms with van der Waals surface area (Å²) in [5, 5.41) is 2.98. The van der Waals surface area contributed by atoms with E-state index in [1.54, 1.807) is 51.2 Å². The number of pyridine rings is 1. The number of nitrogens with zero attached hydrogens (tertiary/aromatic N) is 1. The van der Waals surface area contributed by atoms with Crippen molar-refractivity contribution in [2.75, 3.05) is 5.32 Å². The maximum Gasteiger partial charge on any atom is 0.339 e. The van der Waals surface area contributed by atoms with Gasteiger partial charge in [-0.1, -0.05) is 18.2 Å². The molecule has 0 unspecified atom stereocenters. The molecular weight excluding hydrogens is 550 g/mol. The van der Waals surface area contributed by atoms with Crippen molar-refractivity contribution >= 4 is 45.2 Å². The Morgan fingerprint density at radius 3 is 2.56 bits per heavy atom. The minimum absolute atomic E-state index is 0.0698. The predicted molar refractivity (Wildman–Crippen MR) is 139 cm³/mol. The third-order valence-corrected chi connectivity index (χ3v) is 6.62. The van der Waals surface area contributed by atoms with Crippen LogP contribution in [0.15, 0.2) is 56.5 Å². The number of hydrogen-bond acceptors (Lipinski definition) is 4. The highest BCUT2D eigenvalue weighted by Gasteiger charge is 2.23. The van der Waals surface area contributed by atoms with Gasteiger partial charge in [0.1, 0.15) is 5.82 Å². The summed E-state index contributed by atoms with van der Waals surface area (Å²) in [5.41, 5.74) is 2.72. The highest BCUT2D eigenvalue weighted by atomic mass is 127. The van der Waals surface area contributed by atoms with Crippen LogP contribution in [0.2, 0.25) is 0 Å². The molecule has 34 heavy (non-hydrogen) atoms. The minimum atomic E-state index is -0.583. The standard InChI is InChI=1S/C26H22FIN2O4/c1-13-20(11-16-8-9-18(28)12-21(16)27)23-24(34-26(13)33)22(14(2)30(4)25(23)32)17-6-5-7-19(10-17)29-15(3)31/h5-10,12H,11H2,1-4H3,(H,29,31). The van der Waals surface area contributed by atoms with E-state index in [0.717, 1.165) is 3.57 Å². The van der Waals surface area contributed by atoms with Crippen molar-refractivity contribution in [3.8, 4) is 11.1 Å². The van der Waals surface area contributed by atoms with Gasteiger partial charge >= 0.3 is 5.63 Å². The number of anilines is 1. The molecule has 0 atom stereocenters. The van der Waals surface area contributed by atoms with Gasteiger partial charge in [-0.15, -0.1) is 0 Å². The number of nitrogens with one attached hydrogen (secondary N) is 1. The molecule has 0 bridgehead atoms. The minimum Gasteiger partial charge on any atom is -0.422 e. The van der Waals surface area contributed by atoms with E-state index in [-0.39, 0.29) is 34.4 Å². The second-order valence-electron chi connectivity index (χ2n) is 8.20. The number of halogens is 2. The summed E-state index contributed by atoms with van der Waals surface area (Å²) in [4.78, 5) is 37.8. The van der Waals surface area contributed by atoms with Crippen LogP contribution in [0.5, 0.6) is 0 Å². The van der Waals surface area contributed by atoms with Gasteiger partial charge in [0.25, 0.3) is 5.56 Å². The third kappa shape index (κ3) is 4.29. The van der Waals surface area contributed by atoms with Crippen LogP contribution >= 0.6 is 22.6 Å². The fourth-order valence-electron chi connectivity index (χ4n) is 4.09. The van der Waals surface area contributed by atoms with Crippen LogP contribution in [-0.4, -0.2) is 10.5 Å². The first-order valence-electron chi connectivity index (χ1n) is 10.6. The molecule has 2 heterocycles. The Balaban J connectivity index is 2.06. The molecule has 1 amide bonds. The Kier molecular flexibility index (Phi) is 6.44. The first-order chi connectivity index (χ1) is 16.1. The summed E-state index contributed by atoms with van der Waals surface area (Å²) >= 11 is 2.03. The van der Waals surface area contributed by atoms with Gasteiger partial charge in [0.2, 0.25) is 5.91 Å². The highest BCUT2D eigenvalue weighted by molar-refractivity contribution is 14.1. The number of fused-ring (bicyclic) bond motifs is 1. The van der Waals surface area contributed by atoms with Crippen molar-refractivity contribution in [1.82, 2.24) is 4.57 Å². The SMILES string of the molecule is CC(=O)Nc1cccc(-c2c(C)n(C)c(=O)c3c(Cc4ccc(I)cc4F)c(C)c(=O)oc23)c1. The maximum atomic E-state index is 14.7. The molecule has 1 N–H and O–H groups in total. The van der Waals surface area contributed by atoms with Crippen molar-refractivity contribution < 1.29 is 13.6 Å². The van der Waals surface area contributed by atoms with Crippen molar-refractivity contribution in [3.05, 3.63) is 95.0 Å². The third-order valence-electron chi connectivity index (χ3n) is 5.95. The predicted octanol–water partition coefficient (Wildman–Crippen LogP) is 5.07. The zero-order valence-electron chi connectivity index (χ0n) is 19.1. The fourth-order valence-corrected chi connectivity index (χ4v) is 4.55. The molecule has 174 valence electrons. The average Bonchev–Trinajstić information content (AvgIpc) is 2.77. The van der Waals surface area contributed by atoms with Gasteiger partial charge in [0.05, 0.1) is 5.39 Å². The molecule has 4 aromatic rings. The smallest absolute Gasteiger partial charge is 0.339 e. The second kappa shape index (κ2) is 9.17. The number of carbonyl (C=O) groups is 1. The van der Waals surface area contributed by atoms with Gasteiger partial charge in [-0.05, 0) is 77.4 Å². The second-order valence-corrected chi connectivity index (χ2v) is 9.44. The van der Waals surface area contributed by atoms with E-state index in [1.807, 2.05) is 28.7 Å². The summed E-state index contributed by atoms with van der Waals surface area (Å²) in [7, 11) is 1.65. The number of rotatable bonds is 4. The van der Waals surface area contributed by atoms with E-state index in [2.05, 4.69) is 5.32 Å². The normalized spacial score (nSPS) is 11.1. The number of carbonyl (C=O) groups excluding carboxylic acids is 1. The number of hydrogen-bond donors (Lipinski definition) is 1. The number of aromatic nitrogens is 1. The molecule has 0 spiro atoms. The lowest BCUT2D eigenvalue weighted by atomic mass is 9.94. The molecule has 2 aromatic carbocycles. The van der Waals surface area contributed by atoms with Crippen LogP contribution < -0.4 is 16.5 Å². The lowest BCUT2D eigenvalue weighted by molar-refractivity contribution is -0.114. The summed E-state index contributed by atoms with van der Waals surface area (Å²) in [6.07, 6.45) is 0.0698. The van der Waals surface area contributed by atoms with Gasteiger partial charge in [0, 0.05) is 46.5 Å². The number of amides is 1. The van der Waals surface area contributed by atoms with E-state index < -0.39 is 11.4 Å². The largest absolute Gasteiger partial charge is 0.422 e. The van der Waals surface area contributed by atoms with Crippen LogP contribution in [0.1, 0.15) is 29.3 Å². The molecule has 6 nitrogen and oxygen atoms in total. The number of benzene rings is 2. The Hall–Kier alpha value is -3.27. The first-order valence-corrected chi connectivity index (χ1v) is 11.6. The fraction of sp³-hybridized carbons (Fsp3) is 0.192. The Bertz CT molecular complexity index is 1590. The molecule has 0 aliphatic heterocycles. The summed E-state index contributed by atoms with van der Waals surface area (Å²) in [6.45, 7) is 4.76. The Labute approximate surface area is 208 Å². The van der Waals surface area contributed by atoms with Crippen molar-refractivity contribution in [1.29, 1.82) is 0 Å². The quantitative estimate of drug-likeness (QED) is 0.347. The topological polar surface area (TPSA) is 81.3 Å². The zero-order valence-corrected chi connectivity index (χ0v) is 21.2. The van der Waals surface area contributed by atoms with Gasteiger partial charge in [-0.2, -0.15) is 0 Å². The lowest BCUT2D eigenvalue weighted by Crippen LogP contribution is -2.24. The molecule has 0 radical (unpaired) electrons. The van der Waals surface area contributed by atoms with Crippen LogP contribution in [0.3, 0.4) is 0 Å². The van der Waals surface area contributed by atoms with Crippen LogP contribution in [-0.2, 0) is 18.3 Å². The van der Waals surface area contributed by atoms with E-state index in [0.29, 0.717) is 33.6 Å². The Morgan fingerprint density at radius 2 is 1.88 bits per heavy atom. The molecular formula is C26H22FIN2O4. The summed E-state index contributed by atoms with van der Waals surface area (Å²) in [6, 6.07) is 11.9. The van der Waals surface area contributed by atoms with Crippen LogP contribution in [0, 0.1) is 23.2 Å². The summed E-state index contributed by atoms with van der Waals surface area (Å²) < 4.78 is 22.6. The van der Waals surface area contributed by atoms with E-state index in [4.69, 9.17) is 4.42 Å². The van der Waals surface area contributed by atoms with Crippen molar-refractivity contribution in [2.24, 2.45) is 7.05 Å². The molecule has 2 aromatic heterocycles. The van der Waals surface area contributed by atoms with Gasteiger partial charge in [-0.3, -0.25) is 9.59 Å². The molecule has 0 aliphatic carbocycles. The monoisotopic (exact) mass is 572 g/mol. The Morgan fingerprint density at radius 1 is 1.15 bits per heavy atom. The van der Waals surface area contributed by atoms with Gasteiger partial charge < -0.3 is 14.3 Å². The van der Waals surface area contributed by atoms with Crippen LogP contribution in [0.25, 0.3) is 22.1 Å². The van der Waals surface area contributed by atoms with Crippen molar-refractivity contribution in [3.63, 3.8) is 0 Å². The van der Waals surface area contributed by atoms with E-state index in [9.17, 15) is 18.8 Å². The van der Waals surface area contributed by atoms with Crippen molar-refractivity contribution in [2.45, 2.75) is 27.2 Å². The van der Waals surface area contributed by atoms with Gasteiger partial charge in [0.15, 0.2) is 5.58 Å². The summed E-state index contributed by atoms with van der Waals surface area (Å²) in [5.74, 6) is -0.622. The highest BCUT2D eigenvalue weighted by Crippen LogP contribution is 2.33. The van der Waals surface area contributed by atoms with Gasteiger partial charge in [-0.25, -0.2) is 9.18 Å². The molecule has 0 saturated carbocycles. The van der Waals surface area contributed by atoms with E-state index >= 15 is 0 Å². The molecule has 0 aliphatic rings. The van der Waals surface area contributed by atoms with E-state index in [1.165, 1.54) is 17.6 Å². The average molecular weight is 572 g/mol. The molecule has 8 heteroatoms. The molecule has 0 saturated heterocycles. The molecule has 4 rings (SSSR count). The molecule has 0 fully saturated rings. The van der Waals surface area contributed by atoms with Crippen LogP contribution in [0.4, 0.5) is 10.1 Å². The first kappa shape index (κ1) is 23.9. The zero-order chi connectivity index (χ0) is 24.7.